The van der Waals surface area contributed by atoms with Crippen molar-refractivity contribution in [2.75, 3.05) is 6.61 Å². The van der Waals surface area contributed by atoms with Crippen LogP contribution < -0.4 is 5.32 Å². The molecule has 0 aromatic heterocycles. The Labute approximate surface area is 116 Å². The first-order chi connectivity index (χ1) is 8.33. The predicted molar refractivity (Wildman–Crippen MR) is 76.9 cm³/mol. The van der Waals surface area contributed by atoms with Gasteiger partial charge in [0.25, 0.3) is 0 Å². The molecule has 2 nitrogen and oxygen atoms in total. The van der Waals surface area contributed by atoms with Crippen molar-refractivity contribution in [1.29, 1.82) is 0 Å². The van der Waals surface area contributed by atoms with Crippen LogP contribution in [0.2, 0.25) is 0 Å². The Morgan fingerprint density at radius 2 is 2.18 bits per heavy atom. The SMILES string of the molecule is Ic1cccc(CNC2CCOC2C2CC2)c1. The number of benzene rings is 1. The van der Waals surface area contributed by atoms with Gasteiger partial charge < -0.3 is 10.1 Å². The van der Waals surface area contributed by atoms with Gasteiger partial charge in [0.15, 0.2) is 0 Å². The zero-order valence-corrected chi connectivity index (χ0v) is 12.0. The molecular formula is C14H18INO. The first-order valence-electron chi connectivity index (χ1n) is 6.42. The third kappa shape index (κ3) is 3.01. The third-order valence-electron chi connectivity index (χ3n) is 3.68. The second-order valence-corrected chi connectivity index (χ2v) is 6.32. The molecular weight excluding hydrogens is 325 g/mol. The van der Waals surface area contributed by atoms with Gasteiger partial charge in [-0.2, -0.15) is 0 Å². The molecule has 2 unspecified atom stereocenters. The topological polar surface area (TPSA) is 21.3 Å². The highest BCUT2D eigenvalue weighted by Gasteiger charge is 2.40. The highest BCUT2D eigenvalue weighted by molar-refractivity contribution is 14.1. The van der Waals surface area contributed by atoms with E-state index in [1.807, 2.05) is 0 Å². The van der Waals surface area contributed by atoms with Crippen LogP contribution in [0.3, 0.4) is 0 Å². The monoisotopic (exact) mass is 343 g/mol. The molecule has 3 heteroatoms. The van der Waals surface area contributed by atoms with Crippen molar-refractivity contribution in [2.24, 2.45) is 5.92 Å². The molecule has 0 bridgehead atoms. The quantitative estimate of drug-likeness (QED) is 0.849. The van der Waals surface area contributed by atoms with Crippen molar-refractivity contribution < 1.29 is 4.74 Å². The van der Waals surface area contributed by atoms with Crippen LogP contribution in [0.1, 0.15) is 24.8 Å². The molecule has 2 aliphatic rings. The van der Waals surface area contributed by atoms with Gasteiger partial charge in [-0.1, -0.05) is 12.1 Å². The highest BCUT2D eigenvalue weighted by Crippen LogP contribution is 2.38. The van der Waals surface area contributed by atoms with Gasteiger partial charge in [-0.3, -0.25) is 0 Å². The summed E-state index contributed by atoms with van der Waals surface area (Å²) in [5.41, 5.74) is 1.37. The molecule has 1 saturated heterocycles. The zero-order chi connectivity index (χ0) is 11.7. The van der Waals surface area contributed by atoms with Gasteiger partial charge in [-0.05, 0) is 65.5 Å². The highest BCUT2D eigenvalue weighted by atomic mass is 127. The number of rotatable bonds is 4. The van der Waals surface area contributed by atoms with Gasteiger partial charge in [0.1, 0.15) is 0 Å². The van der Waals surface area contributed by atoms with E-state index in [0.29, 0.717) is 12.1 Å². The summed E-state index contributed by atoms with van der Waals surface area (Å²) in [5, 5.41) is 3.67. The van der Waals surface area contributed by atoms with E-state index in [2.05, 4.69) is 52.2 Å². The average Bonchev–Trinajstić information content (AvgIpc) is 3.06. The number of hydrogen-bond donors (Lipinski definition) is 1. The molecule has 1 aliphatic carbocycles. The fourth-order valence-electron chi connectivity index (χ4n) is 2.61. The van der Waals surface area contributed by atoms with E-state index >= 15 is 0 Å². The summed E-state index contributed by atoms with van der Waals surface area (Å²) in [4.78, 5) is 0. The Morgan fingerprint density at radius 1 is 1.29 bits per heavy atom. The molecule has 1 saturated carbocycles. The van der Waals surface area contributed by atoms with Crippen LogP contribution in [0.5, 0.6) is 0 Å². The van der Waals surface area contributed by atoms with Crippen molar-refractivity contribution in [1.82, 2.24) is 5.32 Å². The summed E-state index contributed by atoms with van der Waals surface area (Å²) in [6.07, 6.45) is 4.39. The van der Waals surface area contributed by atoms with Crippen molar-refractivity contribution in [3.63, 3.8) is 0 Å². The summed E-state index contributed by atoms with van der Waals surface area (Å²) in [6.45, 7) is 1.90. The van der Waals surface area contributed by atoms with Gasteiger partial charge >= 0.3 is 0 Å². The van der Waals surface area contributed by atoms with Gasteiger partial charge in [0, 0.05) is 22.8 Å². The van der Waals surface area contributed by atoms with E-state index in [4.69, 9.17) is 4.74 Å². The fourth-order valence-corrected chi connectivity index (χ4v) is 3.22. The molecule has 0 radical (unpaired) electrons. The van der Waals surface area contributed by atoms with E-state index in [-0.39, 0.29) is 0 Å². The minimum absolute atomic E-state index is 0.484. The van der Waals surface area contributed by atoms with Gasteiger partial charge in [0.05, 0.1) is 6.10 Å². The zero-order valence-electron chi connectivity index (χ0n) is 9.86. The van der Waals surface area contributed by atoms with E-state index < -0.39 is 0 Å². The lowest BCUT2D eigenvalue weighted by molar-refractivity contribution is 0.0809. The van der Waals surface area contributed by atoms with E-state index in [0.717, 1.165) is 19.1 Å². The van der Waals surface area contributed by atoms with E-state index in [9.17, 15) is 0 Å². The summed E-state index contributed by atoms with van der Waals surface area (Å²) >= 11 is 2.37. The number of hydrogen-bond acceptors (Lipinski definition) is 2. The molecule has 1 heterocycles. The van der Waals surface area contributed by atoms with Crippen LogP contribution >= 0.6 is 22.6 Å². The van der Waals surface area contributed by atoms with Gasteiger partial charge in [-0.15, -0.1) is 0 Å². The van der Waals surface area contributed by atoms with Crippen LogP contribution in [0.25, 0.3) is 0 Å². The van der Waals surface area contributed by atoms with Crippen molar-refractivity contribution >= 4 is 22.6 Å². The predicted octanol–water partition coefficient (Wildman–Crippen LogP) is 2.95. The Hall–Kier alpha value is -0.130. The molecule has 2 fully saturated rings. The normalized spacial score (nSPS) is 28.5. The molecule has 1 aliphatic heterocycles. The van der Waals surface area contributed by atoms with Crippen LogP contribution in [-0.2, 0) is 11.3 Å². The Bertz CT molecular complexity index is 392. The summed E-state index contributed by atoms with van der Waals surface area (Å²) in [5.74, 6) is 0.839. The maximum Gasteiger partial charge on any atom is 0.0757 e. The molecule has 1 aromatic rings. The average molecular weight is 343 g/mol. The first-order valence-corrected chi connectivity index (χ1v) is 7.50. The van der Waals surface area contributed by atoms with Crippen molar-refractivity contribution in [2.45, 2.75) is 38.0 Å². The Balaban J connectivity index is 1.56. The molecule has 3 rings (SSSR count). The summed E-state index contributed by atoms with van der Waals surface area (Å²) < 4.78 is 7.15. The maximum atomic E-state index is 5.84. The van der Waals surface area contributed by atoms with Gasteiger partial charge in [0.2, 0.25) is 0 Å². The molecule has 2 atom stereocenters. The summed E-state index contributed by atoms with van der Waals surface area (Å²) in [7, 11) is 0. The van der Waals surface area contributed by atoms with Crippen LogP contribution in [0, 0.1) is 9.49 Å². The molecule has 92 valence electrons. The second kappa shape index (κ2) is 5.24. The molecule has 0 amide bonds. The fraction of sp³-hybridized carbons (Fsp3) is 0.571. The van der Waals surface area contributed by atoms with Crippen LogP contribution in [0.15, 0.2) is 24.3 Å². The molecule has 17 heavy (non-hydrogen) atoms. The summed E-state index contributed by atoms with van der Waals surface area (Å²) in [6, 6.07) is 9.27. The largest absolute Gasteiger partial charge is 0.376 e. The number of halogens is 1. The molecule has 1 aromatic carbocycles. The lowest BCUT2D eigenvalue weighted by Gasteiger charge is -2.19. The molecule has 1 N–H and O–H groups in total. The standard InChI is InChI=1S/C14H18INO/c15-12-3-1-2-10(8-12)9-16-13-6-7-17-14(13)11-4-5-11/h1-3,8,11,13-14,16H,4-7,9H2. The minimum atomic E-state index is 0.484. The second-order valence-electron chi connectivity index (χ2n) is 5.08. The Morgan fingerprint density at radius 3 is 2.94 bits per heavy atom. The lowest BCUT2D eigenvalue weighted by Crippen LogP contribution is -2.37. The van der Waals surface area contributed by atoms with Crippen molar-refractivity contribution in [3.05, 3.63) is 33.4 Å². The third-order valence-corrected chi connectivity index (χ3v) is 4.35. The Kier molecular flexibility index (Phi) is 3.68. The number of ether oxygens (including phenoxy) is 1. The van der Waals surface area contributed by atoms with Gasteiger partial charge in [-0.25, -0.2) is 0 Å². The molecule has 0 spiro atoms. The van der Waals surface area contributed by atoms with Crippen LogP contribution in [0.4, 0.5) is 0 Å². The maximum absolute atomic E-state index is 5.84. The minimum Gasteiger partial charge on any atom is -0.376 e. The van der Waals surface area contributed by atoms with Crippen molar-refractivity contribution in [3.8, 4) is 0 Å². The van der Waals surface area contributed by atoms with E-state index in [1.54, 1.807) is 0 Å². The van der Waals surface area contributed by atoms with E-state index in [1.165, 1.54) is 28.4 Å². The van der Waals surface area contributed by atoms with Crippen LogP contribution in [-0.4, -0.2) is 18.8 Å². The lowest BCUT2D eigenvalue weighted by atomic mass is 10.1. The number of nitrogens with one attached hydrogen (secondary N) is 1. The first kappa shape index (κ1) is 11.9. The smallest absolute Gasteiger partial charge is 0.0757 e.